The van der Waals surface area contributed by atoms with Gasteiger partial charge in [0.15, 0.2) is 0 Å². The van der Waals surface area contributed by atoms with E-state index in [1.807, 2.05) is 35.8 Å². The second-order valence-corrected chi connectivity index (χ2v) is 5.84. The van der Waals surface area contributed by atoms with Gasteiger partial charge in [0.05, 0.1) is 25.7 Å². The highest BCUT2D eigenvalue weighted by molar-refractivity contribution is 5.84. The lowest BCUT2D eigenvalue weighted by molar-refractivity contribution is -0.146. The summed E-state index contributed by atoms with van der Waals surface area (Å²) >= 11 is 0. The van der Waals surface area contributed by atoms with E-state index < -0.39 is 12.0 Å². The van der Waals surface area contributed by atoms with Crippen molar-refractivity contribution in [3.8, 4) is 0 Å². The molecule has 1 aromatic carbocycles. The van der Waals surface area contributed by atoms with Gasteiger partial charge in [0.1, 0.15) is 6.54 Å². The predicted molar refractivity (Wildman–Crippen MR) is 85.2 cm³/mol. The first-order chi connectivity index (χ1) is 11.1. The first-order valence-electron chi connectivity index (χ1n) is 7.70. The number of aryl methyl sites for hydroxylation is 1. The van der Waals surface area contributed by atoms with Crippen LogP contribution in [0.5, 0.6) is 0 Å². The molecule has 2 aromatic rings. The van der Waals surface area contributed by atoms with Crippen LogP contribution >= 0.6 is 0 Å². The molecule has 1 N–H and O–H groups in total. The molecule has 0 radical (unpaired) electrons. The minimum Gasteiger partial charge on any atom is -0.481 e. The lowest BCUT2D eigenvalue weighted by atomic mass is 10.1. The van der Waals surface area contributed by atoms with Crippen LogP contribution in [-0.2, 0) is 20.9 Å². The van der Waals surface area contributed by atoms with Gasteiger partial charge in [-0.1, -0.05) is 18.2 Å². The van der Waals surface area contributed by atoms with E-state index in [9.17, 15) is 9.59 Å². The van der Waals surface area contributed by atoms with Crippen LogP contribution in [0.1, 0.15) is 12.1 Å². The fourth-order valence-electron chi connectivity index (χ4n) is 3.14. The number of fused-ring (bicyclic) bond motifs is 1. The molecule has 0 aliphatic carbocycles. The van der Waals surface area contributed by atoms with Crippen molar-refractivity contribution in [3.63, 3.8) is 0 Å². The molecule has 3 rings (SSSR count). The first kappa shape index (κ1) is 15.6. The van der Waals surface area contributed by atoms with Crippen molar-refractivity contribution in [3.05, 3.63) is 36.0 Å². The Labute approximate surface area is 134 Å². The summed E-state index contributed by atoms with van der Waals surface area (Å²) < 4.78 is 7.31. The summed E-state index contributed by atoms with van der Waals surface area (Å²) in [4.78, 5) is 25.3. The summed E-state index contributed by atoms with van der Waals surface area (Å²) in [5.74, 6) is -0.982. The van der Waals surface area contributed by atoms with E-state index in [-0.39, 0.29) is 25.5 Å². The summed E-state index contributed by atoms with van der Waals surface area (Å²) in [5, 5.41) is 10.1. The van der Waals surface area contributed by atoms with Crippen molar-refractivity contribution in [1.82, 2.24) is 9.47 Å². The molecule has 1 aliphatic rings. The van der Waals surface area contributed by atoms with E-state index in [1.165, 1.54) is 0 Å². The minimum atomic E-state index is -0.916. The summed E-state index contributed by atoms with van der Waals surface area (Å²) in [6.45, 7) is 3.36. The maximum Gasteiger partial charge on any atom is 0.305 e. The second-order valence-electron chi connectivity index (χ2n) is 5.84. The molecule has 1 aliphatic heterocycles. The molecule has 1 unspecified atom stereocenters. The normalized spacial score (nSPS) is 18.3. The van der Waals surface area contributed by atoms with Crippen LogP contribution in [-0.4, -0.2) is 52.3 Å². The molecule has 0 saturated carbocycles. The Hall–Kier alpha value is -2.34. The van der Waals surface area contributed by atoms with Gasteiger partial charge in [-0.3, -0.25) is 9.59 Å². The molecular formula is C17H20N2O4. The number of hydrogen-bond acceptors (Lipinski definition) is 3. The lowest BCUT2D eigenvalue weighted by Gasteiger charge is -2.35. The summed E-state index contributed by atoms with van der Waals surface area (Å²) in [6, 6.07) is 9.59. The number of para-hydroxylation sites is 1. The van der Waals surface area contributed by atoms with Gasteiger partial charge in [-0.2, -0.15) is 0 Å². The molecular weight excluding hydrogens is 296 g/mol. The monoisotopic (exact) mass is 316 g/mol. The van der Waals surface area contributed by atoms with Crippen molar-refractivity contribution in [2.45, 2.75) is 25.9 Å². The number of morpholine rings is 1. The van der Waals surface area contributed by atoms with Crippen LogP contribution < -0.4 is 0 Å². The van der Waals surface area contributed by atoms with Crippen LogP contribution in [0.15, 0.2) is 30.3 Å². The maximum atomic E-state index is 12.7. The molecule has 23 heavy (non-hydrogen) atoms. The number of aromatic nitrogens is 1. The number of rotatable bonds is 4. The number of carbonyl (C=O) groups is 2. The van der Waals surface area contributed by atoms with Crippen molar-refractivity contribution in [1.29, 1.82) is 0 Å². The van der Waals surface area contributed by atoms with Crippen molar-refractivity contribution in [2.75, 3.05) is 19.8 Å². The fraction of sp³-hybridized carbons (Fsp3) is 0.412. The predicted octanol–water partition coefficient (Wildman–Crippen LogP) is 1.65. The summed E-state index contributed by atoms with van der Waals surface area (Å²) in [5.41, 5.74) is 2.03. The van der Waals surface area contributed by atoms with E-state index in [1.54, 1.807) is 4.90 Å². The molecule has 1 amide bonds. The highest BCUT2D eigenvalue weighted by Gasteiger charge is 2.29. The van der Waals surface area contributed by atoms with Crippen LogP contribution in [0.25, 0.3) is 10.9 Å². The number of amides is 1. The Morgan fingerprint density at radius 1 is 1.35 bits per heavy atom. The second kappa shape index (κ2) is 6.42. The van der Waals surface area contributed by atoms with E-state index in [0.29, 0.717) is 13.2 Å². The fourth-order valence-corrected chi connectivity index (χ4v) is 3.14. The molecule has 1 saturated heterocycles. The zero-order valence-corrected chi connectivity index (χ0v) is 13.1. The van der Waals surface area contributed by atoms with Gasteiger partial charge in [-0.25, -0.2) is 0 Å². The largest absolute Gasteiger partial charge is 0.481 e. The average molecular weight is 316 g/mol. The number of carboxylic acid groups (broad SMARTS) is 1. The van der Waals surface area contributed by atoms with Gasteiger partial charge < -0.3 is 19.3 Å². The smallest absolute Gasteiger partial charge is 0.305 e. The number of aliphatic carboxylic acids is 1. The highest BCUT2D eigenvalue weighted by Crippen LogP contribution is 2.20. The third-order valence-corrected chi connectivity index (χ3v) is 4.27. The minimum absolute atomic E-state index is 0.0657. The van der Waals surface area contributed by atoms with E-state index in [4.69, 9.17) is 9.84 Å². The van der Waals surface area contributed by atoms with Crippen LogP contribution in [0, 0.1) is 6.92 Å². The highest BCUT2D eigenvalue weighted by atomic mass is 16.5. The van der Waals surface area contributed by atoms with E-state index in [2.05, 4.69) is 6.07 Å². The Morgan fingerprint density at radius 2 is 2.13 bits per heavy atom. The molecule has 0 bridgehead atoms. The molecule has 6 heteroatoms. The van der Waals surface area contributed by atoms with Crippen molar-refractivity contribution in [2.24, 2.45) is 0 Å². The Morgan fingerprint density at radius 3 is 2.91 bits per heavy atom. The number of nitrogens with zero attached hydrogens (tertiary/aromatic N) is 2. The summed E-state index contributed by atoms with van der Waals surface area (Å²) in [7, 11) is 0. The third-order valence-electron chi connectivity index (χ3n) is 4.27. The Kier molecular flexibility index (Phi) is 4.34. The number of ether oxygens (including phenoxy) is 1. The molecule has 1 atom stereocenters. The molecule has 0 spiro atoms. The topological polar surface area (TPSA) is 71.8 Å². The first-order valence-corrected chi connectivity index (χ1v) is 7.70. The molecule has 6 nitrogen and oxygen atoms in total. The van der Waals surface area contributed by atoms with E-state index >= 15 is 0 Å². The van der Waals surface area contributed by atoms with Gasteiger partial charge in [-0.05, 0) is 24.4 Å². The Balaban J connectivity index is 1.81. The third kappa shape index (κ3) is 3.22. The van der Waals surface area contributed by atoms with Crippen molar-refractivity contribution < 1.29 is 19.4 Å². The zero-order chi connectivity index (χ0) is 16.4. The van der Waals surface area contributed by atoms with Crippen molar-refractivity contribution >= 4 is 22.8 Å². The maximum absolute atomic E-state index is 12.7. The van der Waals surface area contributed by atoms with Gasteiger partial charge in [0.25, 0.3) is 0 Å². The zero-order valence-electron chi connectivity index (χ0n) is 13.1. The number of hydrogen-bond donors (Lipinski definition) is 1. The van der Waals surface area contributed by atoms with Gasteiger partial charge in [0, 0.05) is 17.8 Å². The molecule has 2 heterocycles. The molecule has 1 aromatic heterocycles. The van der Waals surface area contributed by atoms with Crippen LogP contribution in [0.3, 0.4) is 0 Å². The van der Waals surface area contributed by atoms with Gasteiger partial charge in [-0.15, -0.1) is 0 Å². The lowest BCUT2D eigenvalue weighted by Crippen LogP contribution is -2.50. The van der Waals surface area contributed by atoms with Gasteiger partial charge in [0.2, 0.25) is 5.91 Å². The summed E-state index contributed by atoms with van der Waals surface area (Å²) in [6.07, 6.45) is -0.0862. The van der Waals surface area contributed by atoms with Gasteiger partial charge >= 0.3 is 5.97 Å². The number of benzene rings is 1. The Bertz CT molecular complexity index is 737. The van der Waals surface area contributed by atoms with Crippen LogP contribution in [0.4, 0.5) is 0 Å². The van der Waals surface area contributed by atoms with E-state index in [0.717, 1.165) is 16.6 Å². The number of carboxylic acids is 1. The molecule has 122 valence electrons. The molecule has 1 fully saturated rings. The SMILES string of the molecule is Cc1cc2ccccc2n1CC(=O)N1CCOCC1CC(=O)O. The average Bonchev–Trinajstić information content (AvgIpc) is 2.83. The standard InChI is InChI=1S/C17H20N2O4/c1-12-8-13-4-2-3-5-15(13)19(12)10-16(20)18-6-7-23-11-14(18)9-17(21)22/h2-5,8,14H,6-7,9-11H2,1H3,(H,21,22). The number of carbonyl (C=O) groups excluding carboxylic acids is 1. The quantitative estimate of drug-likeness (QED) is 0.931. The van der Waals surface area contributed by atoms with Crippen LogP contribution in [0.2, 0.25) is 0 Å².